The number of nitrogens with zero attached hydrogens (tertiary/aromatic N) is 2. The molecule has 0 aliphatic carbocycles. The van der Waals surface area contributed by atoms with E-state index in [1.54, 1.807) is 7.11 Å². The largest absolute Gasteiger partial charge is 0.496 e. The fraction of sp³-hybridized carbons (Fsp3) is 0.538. The molecule has 0 N–H and O–H groups in total. The SMILES string of the molecule is COc1ccccc1C[C@H](C)N(C)N(C)C. The summed E-state index contributed by atoms with van der Waals surface area (Å²) in [7, 11) is 7.93. The van der Waals surface area contributed by atoms with Crippen LogP contribution in [-0.4, -0.2) is 44.3 Å². The normalized spacial score (nSPS) is 13.2. The molecule has 1 atom stereocenters. The summed E-state index contributed by atoms with van der Waals surface area (Å²) >= 11 is 0. The molecule has 0 saturated heterocycles. The number of likely N-dealkylation sites (N-methyl/N-ethyl adjacent to an activating group) is 1. The highest BCUT2D eigenvalue weighted by Crippen LogP contribution is 2.20. The third kappa shape index (κ3) is 3.22. The van der Waals surface area contributed by atoms with E-state index in [0.29, 0.717) is 6.04 Å². The fourth-order valence-electron chi connectivity index (χ4n) is 1.72. The summed E-state index contributed by atoms with van der Waals surface area (Å²) in [6, 6.07) is 8.64. The van der Waals surface area contributed by atoms with E-state index in [4.69, 9.17) is 4.74 Å². The zero-order chi connectivity index (χ0) is 12.1. The molecule has 0 unspecified atom stereocenters. The number of hydrogen-bond donors (Lipinski definition) is 0. The Balaban J connectivity index is 2.72. The zero-order valence-electron chi connectivity index (χ0n) is 10.9. The van der Waals surface area contributed by atoms with E-state index in [1.165, 1.54) is 5.56 Å². The monoisotopic (exact) mass is 222 g/mol. The first-order valence-corrected chi connectivity index (χ1v) is 5.58. The molecule has 1 aromatic rings. The van der Waals surface area contributed by atoms with Gasteiger partial charge in [-0.1, -0.05) is 18.2 Å². The highest BCUT2D eigenvalue weighted by atomic mass is 16.5. The summed E-state index contributed by atoms with van der Waals surface area (Å²) in [6.45, 7) is 2.21. The predicted molar refractivity (Wildman–Crippen MR) is 67.6 cm³/mol. The standard InChI is InChI=1S/C13H22N2O/c1-11(15(4)14(2)3)10-12-8-6-7-9-13(12)16-5/h6-9,11H,10H2,1-5H3/t11-/m0/s1. The molecule has 0 saturated carbocycles. The van der Waals surface area contributed by atoms with Crippen molar-refractivity contribution in [2.75, 3.05) is 28.3 Å². The van der Waals surface area contributed by atoms with Crippen LogP contribution in [0.25, 0.3) is 0 Å². The maximum absolute atomic E-state index is 5.35. The lowest BCUT2D eigenvalue weighted by molar-refractivity contribution is 0.0172. The topological polar surface area (TPSA) is 15.7 Å². The van der Waals surface area contributed by atoms with Crippen LogP contribution in [0.2, 0.25) is 0 Å². The van der Waals surface area contributed by atoms with Crippen LogP contribution in [-0.2, 0) is 6.42 Å². The first-order chi connectivity index (χ1) is 7.56. The van der Waals surface area contributed by atoms with Gasteiger partial charge in [-0.25, -0.2) is 10.0 Å². The Morgan fingerprint density at radius 2 is 1.81 bits per heavy atom. The van der Waals surface area contributed by atoms with E-state index < -0.39 is 0 Å². The third-order valence-electron chi connectivity index (χ3n) is 2.98. The van der Waals surface area contributed by atoms with Crippen LogP contribution >= 0.6 is 0 Å². The number of ether oxygens (including phenoxy) is 1. The minimum absolute atomic E-state index is 0.450. The molecule has 1 rings (SSSR count). The predicted octanol–water partition coefficient (Wildman–Crippen LogP) is 2.03. The van der Waals surface area contributed by atoms with Gasteiger partial charge in [-0.15, -0.1) is 0 Å². The van der Waals surface area contributed by atoms with Crippen LogP contribution in [0.3, 0.4) is 0 Å². The van der Waals surface area contributed by atoms with Crippen molar-refractivity contribution in [3.63, 3.8) is 0 Å². The van der Waals surface area contributed by atoms with Gasteiger partial charge in [0, 0.05) is 27.2 Å². The molecular formula is C13H22N2O. The van der Waals surface area contributed by atoms with Gasteiger partial charge in [-0.2, -0.15) is 0 Å². The summed E-state index contributed by atoms with van der Waals surface area (Å²) in [5.41, 5.74) is 1.26. The highest BCUT2D eigenvalue weighted by molar-refractivity contribution is 5.33. The number of rotatable bonds is 5. The van der Waals surface area contributed by atoms with Crippen molar-refractivity contribution in [1.82, 2.24) is 10.0 Å². The zero-order valence-corrected chi connectivity index (χ0v) is 10.9. The number of methoxy groups -OCH3 is 1. The van der Waals surface area contributed by atoms with Crippen LogP contribution < -0.4 is 4.74 Å². The smallest absolute Gasteiger partial charge is 0.122 e. The lowest BCUT2D eigenvalue weighted by Crippen LogP contribution is -2.41. The molecule has 0 radical (unpaired) electrons. The van der Waals surface area contributed by atoms with E-state index >= 15 is 0 Å². The van der Waals surface area contributed by atoms with Crippen molar-refractivity contribution in [3.8, 4) is 5.75 Å². The first-order valence-electron chi connectivity index (χ1n) is 5.58. The second-order valence-corrected chi connectivity index (χ2v) is 4.29. The first kappa shape index (κ1) is 13.0. The average molecular weight is 222 g/mol. The Kier molecular flexibility index (Phi) is 4.77. The number of benzene rings is 1. The van der Waals surface area contributed by atoms with Crippen LogP contribution in [0.4, 0.5) is 0 Å². The van der Waals surface area contributed by atoms with E-state index in [9.17, 15) is 0 Å². The van der Waals surface area contributed by atoms with Gasteiger partial charge in [0.15, 0.2) is 0 Å². The van der Waals surface area contributed by atoms with Gasteiger partial charge in [0.2, 0.25) is 0 Å². The minimum Gasteiger partial charge on any atom is -0.496 e. The lowest BCUT2D eigenvalue weighted by Gasteiger charge is -2.30. The number of hydrazine groups is 1. The second kappa shape index (κ2) is 5.87. The van der Waals surface area contributed by atoms with Crippen LogP contribution in [0.1, 0.15) is 12.5 Å². The second-order valence-electron chi connectivity index (χ2n) is 4.29. The van der Waals surface area contributed by atoms with E-state index in [-0.39, 0.29) is 0 Å². The number of para-hydroxylation sites is 1. The summed E-state index contributed by atoms with van der Waals surface area (Å²) < 4.78 is 5.35. The molecular weight excluding hydrogens is 200 g/mol. The van der Waals surface area contributed by atoms with Crippen molar-refractivity contribution in [2.45, 2.75) is 19.4 Å². The minimum atomic E-state index is 0.450. The number of hydrogen-bond acceptors (Lipinski definition) is 3. The Labute approximate surface area is 98.6 Å². The Hall–Kier alpha value is -1.06. The van der Waals surface area contributed by atoms with E-state index in [1.807, 2.05) is 12.1 Å². The van der Waals surface area contributed by atoms with Gasteiger partial charge >= 0.3 is 0 Å². The van der Waals surface area contributed by atoms with Crippen LogP contribution in [0.15, 0.2) is 24.3 Å². The molecule has 3 heteroatoms. The summed E-state index contributed by atoms with van der Waals surface area (Å²) in [4.78, 5) is 0. The molecule has 1 aromatic carbocycles. The molecule has 0 fully saturated rings. The van der Waals surface area contributed by atoms with Gasteiger partial charge in [0.1, 0.15) is 5.75 Å². The summed E-state index contributed by atoms with van der Waals surface area (Å²) in [5, 5.41) is 4.31. The van der Waals surface area contributed by atoms with Gasteiger partial charge in [0.25, 0.3) is 0 Å². The van der Waals surface area contributed by atoms with Crippen molar-refractivity contribution in [2.24, 2.45) is 0 Å². The molecule has 0 aromatic heterocycles. The lowest BCUT2D eigenvalue weighted by atomic mass is 10.1. The van der Waals surface area contributed by atoms with Crippen molar-refractivity contribution >= 4 is 0 Å². The van der Waals surface area contributed by atoms with Crippen molar-refractivity contribution < 1.29 is 4.74 Å². The fourth-order valence-corrected chi connectivity index (χ4v) is 1.72. The van der Waals surface area contributed by atoms with Gasteiger partial charge < -0.3 is 4.74 Å². The van der Waals surface area contributed by atoms with E-state index in [2.05, 4.69) is 50.2 Å². The molecule has 0 aliphatic heterocycles. The molecule has 0 bridgehead atoms. The highest BCUT2D eigenvalue weighted by Gasteiger charge is 2.13. The molecule has 16 heavy (non-hydrogen) atoms. The molecule has 0 heterocycles. The van der Waals surface area contributed by atoms with Gasteiger partial charge in [-0.05, 0) is 25.0 Å². The van der Waals surface area contributed by atoms with Crippen molar-refractivity contribution in [1.29, 1.82) is 0 Å². The maximum atomic E-state index is 5.35. The van der Waals surface area contributed by atoms with Crippen LogP contribution in [0, 0.1) is 0 Å². The average Bonchev–Trinajstić information content (AvgIpc) is 2.28. The van der Waals surface area contributed by atoms with E-state index in [0.717, 1.165) is 12.2 Å². The Morgan fingerprint density at radius 3 is 2.38 bits per heavy atom. The van der Waals surface area contributed by atoms with Crippen LogP contribution in [0.5, 0.6) is 5.75 Å². The van der Waals surface area contributed by atoms with Gasteiger partial charge in [-0.3, -0.25) is 0 Å². The summed E-state index contributed by atoms with van der Waals surface area (Å²) in [6.07, 6.45) is 0.985. The van der Waals surface area contributed by atoms with Gasteiger partial charge in [0.05, 0.1) is 7.11 Å². The maximum Gasteiger partial charge on any atom is 0.122 e. The quantitative estimate of drug-likeness (QED) is 0.709. The summed E-state index contributed by atoms with van der Waals surface area (Å²) in [5.74, 6) is 0.974. The Bertz CT molecular complexity index is 325. The van der Waals surface area contributed by atoms with Crippen molar-refractivity contribution in [3.05, 3.63) is 29.8 Å². The third-order valence-corrected chi connectivity index (χ3v) is 2.98. The molecule has 3 nitrogen and oxygen atoms in total. The molecule has 0 spiro atoms. The molecule has 0 aliphatic rings. The Morgan fingerprint density at radius 1 is 1.19 bits per heavy atom. The molecule has 90 valence electrons. The molecule has 0 amide bonds.